The van der Waals surface area contributed by atoms with Gasteiger partial charge in [-0.2, -0.15) is 0 Å². The van der Waals surface area contributed by atoms with Crippen LogP contribution in [0.4, 0.5) is 0 Å². The Morgan fingerprint density at radius 2 is 0.990 bits per heavy atom. The molecule has 30 heteroatoms. The molecule has 0 radical (unpaired) electrons. The molecule has 15 atom stereocenters. The summed E-state index contributed by atoms with van der Waals surface area (Å²) in [6.45, 7) is 30.5. The molecule has 13 amide bonds. The average molecular weight is 1440 g/mol. The Morgan fingerprint density at radius 3 is 1.42 bits per heavy atom. The normalized spacial score (nSPS) is 25.0. The van der Waals surface area contributed by atoms with Crippen LogP contribution in [-0.4, -0.2) is 245 Å². The lowest BCUT2D eigenvalue weighted by molar-refractivity contribution is -0.163. The van der Waals surface area contributed by atoms with Crippen LogP contribution in [0.25, 0.3) is 0 Å². The van der Waals surface area contributed by atoms with Gasteiger partial charge in [0.2, 0.25) is 76.8 Å². The lowest BCUT2D eigenvalue weighted by Gasteiger charge is -2.37. The molecule has 0 aliphatic carbocycles. The summed E-state index contributed by atoms with van der Waals surface area (Å²) < 4.78 is 18.1. The standard InChI is InChI=1S/C70H125N13O16S/c1-25-43(14)56-68(95)81(21)58(42(12)13)69(96)79(19)46(17)61(88)71-31-28-51(84)75-49(35-39(6)7)66(93)83(23)60(45(16)27-3)70(97)99-47(18)57(78-62(89)50(36-40(8)9)80(20)67(94)55(41(10)11)77-54(87)37-100(24)98)63(90)72-32-29-52(85)74-48(34-38(4)5)65(92)82(22)59(44(15)26-2)64(91)73-33-30-53(86)76-56/h38-50,55-60H,25-37H2,1-24H3,(H,71,88)(H,72,90)(H,73,91)(H,74,85)(H,75,84)(H,76,86)(H,77,87)(H,78,89). The minimum atomic E-state index is -1.75. The molecule has 572 valence electrons. The second-order valence-electron chi connectivity index (χ2n) is 29.1. The first-order valence-electron chi connectivity index (χ1n) is 35.6. The van der Waals surface area contributed by atoms with E-state index in [1.807, 2.05) is 41.5 Å². The first kappa shape index (κ1) is 90.7. The fraction of sp³-hybridized carbons (Fsp3) is 0.800. The smallest absolute Gasteiger partial charge is 0.329 e. The molecule has 29 nitrogen and oxygen atoms in total. The third kappa shape index (κ3) is 28.3. The third-order valence-corrected chi connectivity index (χ3v) is 19.2. The first-order valence-corrected chi connectivity index (χ1v) is 37.3. The molecular formula is C70H125N13O16S. The molecule has 100 heavy (non-hydrogen) atoms. The van der Waals surface area contributed by atoms with Crippen LogP contribution >= 0.6 is 0 Å². The van der Waals surface area contributed by atoms with Crippen LogP contribution in [0, 0.1) is 47.3 Å². The van der Waals surface area contributed by atoms with Gasteiger partial charge >= 0.3 is 5.97 Å². The number of amides is 13. The van der Waals surface area contributed by atoms with Gasteiger partial charge in [0.25, 0.3) is 0 Å². The van der Waals surface area contributed by atoms with Crippen LogP contribution in [0.1, 0.15) is 182 Å². The predicted octanol–water partition coefficient (Wildman–Crippen LogP) is 2.00. The zero-order valence-corrected chi connectivity index (χ0v) is 65.2. The Hall–Kier alpha value is -7.27. The fourth-order valence-corrected chi connectivity index (χ4v) is 12.3. The van der Waals surface area contributed by atoms with Crippen molar-refractivity contribution in [2.75, 3.05) is 66.9 Å². The minimum Gasteiger partial charge on any atom is -0.458 e. The van der Waals surface area contributed by atoms with Crippen LogP contribution in [0.5, 0.6) is 0 Å². The number of likely N-dealkylation sites (N-methyl/N-ethyl adjacent to an activating group) is 5. The topological polar surface area (TPSA) is 378 Å². The molecule has 1 aliphatic heterocycles. The van der Waals surface area contributed by atoms with Crippen molar-refractivity contribution in [1.82, 2.24) is 67.0 Å². The number of carbonyl (C=O) groups excluding carboxylic acids is 14. The molecule has 0 aromatic carbocycles. The summed E-state index contributed by atoms with van der Waals surface area (Å²) in [6.07, 6.45) is 0.252. The number of hydrogen-bond donors (Lipinski definition) is 8. The summed E-state index contributed by atoms with van der Waals surface area (Å²) in [4.78, 5) is 205. The maximum absolute atomic E-state index is 14.8. The molecule has 0 bridgehead atoms. The first-order chi connectivity index (χ1) is 46.4. The monoisotopic (exact) mass is 1440 g/mol. The van der Waals surface area contributed by atoms with Crippen LogP contribution in [0.3, 0.4) is 0 Å². The van der Waals surface area contributed by atoms with Crippen LogP contribution in [-0.2, 0) is 82.7 Å². The average Bonchev–Trinajstić information content (AvgIpc) is 0.833. The lowest BCUT2D eigenvalue weighted by atomic mass is 9.94. The zero-order valence-electron chi connectivity index (χ0n) is 64.3. The van der Waals surface area contributed by atoms with Crippen molar-refractivity contribution in [3.8, 4) is 0 Å². The van der Waals surface area contributed by atoms with E-state index in [0.717, 1.165) is 9.80 Å². The molecule has 1 saturated heterocycles. The SMILES string of the molecule is CCC(C)C1NC(=O)CCNC(=O)C(C(C)CC)N(C)C(=O)C(CC(C)C)NC(=O)CCNC(=O)C(NC(=O)C(CC(C)C)N(C)C(=O)C(NC(=O)CS(C)=O)C(C)C)C(C)OC(=O)C(C(C)CC)N(C)C(=O)C(CC(C)C)NC(=O)CCNC(=O)C(C)N(C)C(=O)C(C(C)C)N(C)C1=O. The third-order valence-electron chi connectivity index (χ3n) is 18.5. The Bertz CT molecular complexity index is 2820. The molecule has 8 N–H and O–H groups in total. The molecule has 1 heterocycles. The van der Waals surface area contributed by atoms with E-state index in [-0.39, 0.29) is 68.7 Å². The highest BCUT2D eigenvalue weighted by Crippen LogP contribution is 2.24. The highest BCUT2D eigenvalue weighted by molar-refractivity contribution is 7.85. The van der Waals surface area contributed by atoms with Crippen molar-refractivity contribution in [3.63, 3.8) is 0 Å². The second-order valence-corrected chi connectivity index (χ2v) is 30.5. The summed E-state index contributed by atoms with van der Waals surface area (Å²) >= 11 is 0. The maximum Gasteiger partial charge on any atom is 0.329 e. The summed E-state index contributed by atoms with van der Waals surface area (Å²) in [5.74, 6) is -13.1. The molecule has 0 aromatic heterocycles. The van der Waals surface area contributed by atoms with Gasteiger partial charge in [0, 0.05) is 91.2 Å². The van der Waals surface area contributed by atoms with Crippen molar-refractivity contribution in [2.24, 2.45) is 47.3 Å². The van der Waals surface area contributed by atoms with Crippen LogP contribution < -0.4 is 42.5 Å². The van der Waals surface area contributed by atoms with Gasteiger partial charge in [0.05, 0.1) is 0 Å². The lowest BCUT2D eigenvalue weighted by Crippen LogP contribution is -2.61. The van der Waals surface area contributed by atoms with Crippen molar-refractivity contribution in [3.05, 3.63) is 0 Å². The Morgan fingerprint density at radius 1 is 0.560 bits per heavy atom. The summed E-state index contributed by atoms with van der Waals surface area (Å²) in [5.41, 5.74) is 0. The molecule has 1 fully saturated rings. The van der Waals surface area contributed by atoms with E-state index >= 15 is 0 Å². The number of cyclic esters (lactones) is 1. The Labute approximate surface area is 597 Å². The van der Waals surface area contributed by atoms with Gasteiger partial charge in [-0.05, 0) is 80.5 Å². The Kier molecular flexibility index (Phi) is 39.5. The number of carbonyl (C=O) groups is 14. The van der Waals surface area contributed by atoms with Gasteiger partial charge < -0.3 is 71.8 Å². The van der Waals surface area contributed by atoms with Gasteiger partial charge in [-0.3, -0.25) is 66.5 Å². The summed E-state index contributed by atoms with van der Waals surface area (Å²) in [7, 11) is 5.50. The van der Waals surface area contributed by atoms with E-state index in [1.165, 1.54) is 70.0 Å². The van der Waals surface area contributed by atoms with Crippen LogP contribution in [0.15, 0.2) is 0 Å². The Balaban J connectivity index is 4.19. The van der Waals surface area contributed by atoms with Crippen LogP contribution in [0.2, 0.25) is 0 Å². The minimum absolute atomic E-state index is 0.0340. The van der Waals surface area contributed by atoms with Gasteiger partial charge in [-0.25, -0.2) is 4.79 Å². The van der Waals surface area contributed by atoms with Crippen molar-refractivity contribution in [1.29, 1.82) is 0 Å². The molecule has 0 spiro atoms. The van der Waals surface area contributed by atoms with Crippen molar-refractivity contribution >= 4 is 93.6 Å². The number of nitrogens with zero attached hydrogens (tertiary/aromatic N) is 5. The van der Waals surface area contributed by atoms with E-state index in [9.17, 15) is 71.3 Å². The quantitative estimate of drug-likeness (QED) is 0.0762. The highest BCUT2D eigenvalue weighted by atomic mass is 32.2. The number of esters is 1. The molecule has 1 aliphatic rings. The molecule has 0 saturated carbocycles. The van der Waals surface area contributed by atoms with Gasteiger partial charge in [-0.1, -0.05) is 130 Å². The molecule has 15 unspecified atom stereocenters. The maximum atomic E-state index is 14.8. The van der Waals surface area contributed by atoms with E-state index in [0.29, 0.717) is 19.3 Å². The number of nitrogens with one attached hydrogen (secondary N) is 8. The largest absolute Gasteiger partial charge is 0.458 e. The van der Waals surface area contributed by atoms with E-state index in [1.54, 1.807) is 69.2 Å². The van der Waals surface area contributed by atoms with Gasteiger partial charge in [0.15, 0.2) is 0 Å². The number of hydrogen-bond acceptors (Lipinski definition) is 16. The number of ether oxygens (including phenoxy) is 1. The van der Waals surface area contributed by atoms with Crippen molar-refractivity contribution in [2.45, 2.75) is 249 Å². The number of rotatable bonds is 21. The van der Waals surface area contributed by atoms with Crippen molar-refractivity contribution < 1.29 is 76.1 Å². The van der Waals surface area contributed by atoms with Gasteiger partial charge in [-0.15, -0.1) is 0 Å². The molecule has 0 aromatic rings. The summed E-state index contributed by atoms with van der Waals surface area (Å²) in [5, 5.41) is 21.8. The second kappa shape index (κ2) is 43.5. The zero-order chi connectivity index (χ0) is 77.1. The highest BCUT2D eigenvalue weighted by Gasteiger charge is 2.44. The van der Waals surface area contributed by atoms with E-state index < -0.39 is 203 Å². The van der Waals surface area contributed by atoms with Gasteiger partial charge in [0.1, 0.15) is 72.3 Å². The molecular weight excluding hydrogens is 1310 g/mol. The summed E-state index contributed by atoms with van der Waals surface area (Å²) in [6, 6.07) is -12.4. The van der Waals surface area contributed by atoms with E-state index in [4.69, 9.17) is 4.74 Å². The predicted molar refractivity (Wildman–Crippen MR) is 382 cm³/mol. The fourth-order valence-electron chi connectivity index (χ4n) is 11.9. The molecule has 1 rings (SSSR count). The van der Waals surface area contributed by atoms with E-state index in [2.05, 4.69) is 42.5 Å².